The third-order valence-electron chi connectivity index (χ3n) is 3.70. The summed E-state index contributed by atoms with van der Waals surface area (Å²) in [5.74, 6) is 0.601. The maximum atomic E-state index is 9.67. The van der Waals surface area contributed by atoms with Gasteiger partial charge in [-0.05, 0) is 47.0 Å². The van der Waals surface area contributed by atoms with Crippen molar-refractivity contribution in [3.8, 4) is 6.07 Å². The van der Waals surface area contributed by atoms with E-state index < -0.39 is 0 Å². The zero-order valence-corrected chi connectivity index (χ0v) is 15.7. The van der Waals surface area contributed by atoms with Crippen LogP contribution in [0.1, 0.15) is 19.0 Å². The summed E-state index contributed by atoms with van der Waals surface area (Å²) in [5, 5.41) is 20.0. The van der Waals surface area contributed by atoms with Crippen molar-refractivity contribution in [3.63, 3.8) is 0 Å². The molecular formula is C17H17BrN8. The van der Waals surface area contributed by atoms with Crippen LogP contribution in [-0.2, 0) is 6.54 Å². The Morgan fingerprint density at radius 1 is 1.46 bits per heavy atom. The molecule has 0 spiro atoms. The fraction of sp³-hybridized carbons (Fsp3) is 0.235. The van der Waals surface area contributed by atoms with Gasteiger partial charge in [0.05, 0.1) is 11.4 Å². The van der Waals surface area contributed by atoms with Crippen LogP contribution in [-0.4, -0.2) is 32.3 Å². The first-order valence-corrected chi connectivity index (χ1v) is 8.81. The van der Waals surface area contributed by atoms with E-state index in [1.165, 1.54) is 6.33 Å². The molecule has 0 saturated heterocycles. The number of hydrogen-bond acceptors (Lipinski definition) is 5. The van der Waals surface area contributed by atoms with Crippen molar-refractivity contribution in [2.75, 3.05) is 6.54 Å². The highest BCUT2D eigenvalue weighted by molar-refractivity contribution is 9.10. The molecule has 3 rings (SSSR count). The Kier molecular flexibility index (Phi) is 5.76. The molecule has 0 fully saturated rings. The summed E-state index contributed by atoms with van der Waals surface area (Å²) < 4.78 is 2.53. The molecule has 0 aromatic carbocycles. The van der Waals surface area contributed by atoms with Crippen LogP contribution >= 0.6 is 15.9 Å². The van der Waals surface area contributed by atoms with Gasteiger partial charge in [-0.15, -0.1) is 0 Å². The Morgan fingerprint density at radius 2 is 2.35 bits per heavy atom. The zero-order valence-electron chi connectivity index (χ0n) is 14.1. The largest absolute Gasteiger partial charge is 0.332 e. The summed E-state index contributed by atoms with van der Waals surface area (Å²) in [7, 11) is 0. The standard InChI is InChI=1S/C17H17BrN8/c1-12-9-23-17(22-6-3-7-26-11-20-10-24-26)25-15(12)13(8-19)16-14(18)4-2-5-21-16/h2,4-5,9-11H,3,6-7H2,1H3,(H2,22,23,25)/b15-13-. The predicted octanol–water partition coefficient (Wildman–Crippen LogP) is 2.21. The van der Waals surface area contributed by atoms with Gasteiger partial charge in [-0.3, -0.25) is 14.7 Å². The molecule has 0 saturated carbocycles. The van der Waals surface area contributed by atoms with Gasteiger partial charge in [-0.25, -0.2) is 4.98 Å². The Labute approximate surface area is 159 Å². The van der Waals surface area contributed by atoms with Crippen molar-refractivity contribution in [3.05, 3.63) is 58.6 Å². The highest BCUT2D eigenvalue weighted by Crippen LogP contribution is 2.26. The highest BCUT2D eigenvalue weighted by atomic mass is 79.9. The van der Waals surface area contributed by atoms with E-state index in [0.717, 1.165) is 23.0 Å². The lowest BCUT2D eigenvalue weighted by Crippen LogP contribution is -2.39. The number of aryl methyl sites for hydroxylation is 1. The molecule has 1 aliphatic heterocycles. The Morgan fingerprint density at radius 3 is 3.08 bits per heavy atom. The van der Waals surface area contributed by atoms with Crippen LogP contribution in [0.4, 0.5) is 0 Å². The third-order valence-corrected chi connectivity index (χ3v) is 4.34. The third kappa shape index (κ3) is 4.15. The number of nitriles is 1. The number of aromatic nitrogens is 4. The lowest BCUT2D eigenvalue weighted by atomic mass is 10.1. The van der Waals surface area contributed by atoms with Crippen LogP contribution in [0.3, 0.4) is 0 Å². The first-order valence-electron chi connectivity index (χ1n) is 8.02. The molecule has 9 heteroatoms. The molecule has 2 N–H and O–H groups in total. The molecule has 26 heavy (non-hydrogen) atoms. The van der Waals surface area contributed by atoms with E-state index in [4.69, 9.17) is 0 Å². The van der Waals surface area contributed by atoms with Gasteiger partial charge in [0.1, 0.15) is 24.3 Å². The fourth-order valence-corrected chi connectivity index (χ4v) is 2.87. The second-order valence-electron chi connectivity index (χ2n) is 5.53. The molecule has 0 aliphatic carbocycles. The van der Waals surface area contributed by atoms with Gasteiger partial charge in [0, 0.05) is 30.0 Å². The van der Waals surface area contributed by atoms with E-state index in [2.05, 4.69) is 52.7 Å². The van der Waals surface area contributed by atoms with Gasteiger partial charge < -0.3 is 10.6 Å². The lowest BCUT2D eigenvalue weighted by Gasteiger charge is -2.21. The molecule has 8 nitrogen and oxygen atoms in total. The molecule has 132 valence electrons. The van der Waals surface area contributed by atoms with E-state index in [9.17, 15) is 5.26 Å². The second-order valence-corrected chi connectivity index (χ2v) is 6.39. The number of allylic oxidation sites excluding steroid dienone is 2. The molecule has 0 atom stereocenters. The van der Waals surface area contributed by atoms with Crippen LogP contribution in [0.5, 0.6) is 0 Å². The summed E-state index contributed by atoms with van der Waals surface area (Å²) in [4.78, 5) is 12.7. The molecule has 0 amide bonds. The van der Waals surface area contributed by atoms with Crippen molar-refractivity contribution >= 4 is 27.5 Å². The smallest absolute Gasteiger partial charge is 0.199 e. The van der Waals surface area contributed by atoms with Gasteiger partial charge >= 0.3 is 0 Å². The minimum absolute atomic E-state index is 0.461. The Balaban J connectivity index is 1.76. The van der Waals surface area contributed by atoms with Crippen LogP contribution < -0.4 is 10.6 Å². The van der Waals surface area contributed by atoms with Gasteiger partial charge in [0.25, 0.3) is 0 Å². The number of pyridine rings is 1. The number of halogens is 1. The van der Waals surface area contributed by atoms with E-state index in [0.29, 0.717) is 29.5 Å². The number of guanidine groups is 1. The number of nitrogens with zero attached hydrogens (tertiary/aromatic N) is 6. The van der Waals surface area contributed by atoms with Crippen LogP contribution in [0.25, 0.3) is 5.57 Å². The first kappa shape index (κ1) is 17.8. The van der Waals surface area contributed by atoms with E-state index >= 15 is 0 Å². The van der Waals surface area contributed by atoms with Gasteiger partial charge in [0.2, 0.25) is 0 Å². The topological polar surface area (TPSA) is 104 Å². The SMILES string of the molecule is CC1=CNC(=NCCCn2cncn2)N/C1=C(/C#N)c1ncccc1Br. The average molecular weight is 413 g/mol. The summed E-state index contributed by atoms with van der Waals surface area (Å²) in [6, 6.07) is 5.92. The summed E-state index contributed by atoms with van der Waals surface area (Å²) in [6.07, 6.45) is 7.52. The molecule has 1 aliphatic rings. The highest BCUT2D eigenvalue weighted by Gasteiger charge is 2.19. The fourth-order valence-electron chi connectivity index (χ4n) is 2.42. The monoisotopic (exact) mass is 412 g/mol. The number of hydrogen-bond donors (Lipinski definition) is 2. The summed E-state index contributed by atoms with van der Waals surface area (Å²) in [6.45, 7) is 3.29. The number of aliphatic imine (C=N–C) groups is 1. The van der Waals surface area contributed by atoms with Crippen molar-refractivity contribution < 1.29 is 0 Å². The van der Waals surface area contributed by atoms with Crippen molar-refractivity contribution in [2.45, 2.75) is 19.9 Å². The molecule has 0 bridgehead atoms. The van der Waals surface area contributed by atoms with E-state index in [1.54, 1.807) is 17.2 Å². The minimum atomic E-state index is 0.461. The maximum absolute atomic E-state index is 9.67. The number of rotatable bonds is 5. The van der Waals surface area contributed by atoms with E-state index in [1.807, 2.05) is 25.3 Å². The summed E-state index contributed by atoms with van der Waals surface area (Å²) in [5.41, 5.74) is 2.65. The normalized spacial score (nSPS) is 17.1. The molecular weight excluding hydrogens is 396 g/mol. The second kappa shape index (κ2) is 8.40. The zero-order chi connectivity index (χ0) is 18.4. The van der Waals surface area contributed by atoms with E-state index in [-0.39, 0.29) is 0 Å². The van der Waals surface area contributed by atoms with Crippen LogP contribution in [0.2, 0.25) is 0 Å². The molecule has 0 unspecified atom stereocenters. The minimum Gasteiger partial charge on any atom is -0.332 e. The predicted molar refractivity (Wildman–Crippen MR) is 101 cm³/mol. The number of nitrogens with one attached hydrogen (secondary N) is 2. The van der Waals surface area contributed by atoms with Gasteiger partial charge in [-0.1, -0.05) is 0 Å². The molecule has 2 aromatic rings. The summed E-state index contributed by atoms with van der Waals surface area (Å²) >= 11 is 3.46. The van der Waals surface area contributed by atoms with Crippen LogP contribution in [0, 0.1) is 11.3 Å². The van der Waals surface area contributed by atoms with Crippen molar-refractivity contribution in [1.82, 2.24) is 30.4 Å². The average Bonchev–Trinajstić information content (AvgIpc) is 3.16. The quantitative estimate of drug-likeness (QED) is 0.576. The van der Waals surface area contributed by atoms with Gasteiger partial charge in [0.15, 0.2) is 5.96 Å². The van der Waals surface area contributed by atoms with Crippen LogP contribution in [0.15, 0.2) is 57.9 Å². The van der Waals surface area contributed by atoms with Crippen molar-refractivity contribution in [1.29, 1.82) is 5.26 Å². The Bertz CT molecular complexity index is 905. The Hall–Kier alpha value is -2.99. The maximum Gasteiger partial charge on any atom is 0.199 e. The van der Waals surface area contributed by atoms with Crippen molar-refractivity contribution in [2.24, 2.45) is 4.99 Å². The van der Waals surface area contributed by atoms with Gasteiger partial charge in [-0.2, -0.15) is 10.4 Å². The molecule has 2 aromatic heterocycles. The lowest BCUT2D eigenvalue weighted by molar-refractivity contribution is 0.583. The first-order chi connectivity index (χ1) is 12.7. The molecule has 3 heterocycles. The molecule has 0 radical (unpaired) electrons.